The number of benzene rings is 1. The lowest BCUT2D eigenvalue weighted by molar-refractivity contribution is -0.304. The molecule has 102 valence electrons. The molecule has 1 aromatic rings. The highest BCUT2D eigenvalue weighted by Gasteiger charge is 2.60. The summed E-state index contributed by atoms with van der Waals surface area (Å²) in [7, 11) is 1.63. The smallest absolute Gasteiger partial charge is 0.186 e. The molecule has 3 aliphatic heterocycles. The predicted molar refractivity (Wildman–Crippen MR) is 64.3 cm³/mol. The van der Waals surface area contributed by atoms with Crippen molar-refractivity contribution in [3.63, 3.8) is 0 Å². The van der Waals surface area contributed by atoms with Crippen molar-refractivity contribution in [2.45, 2.75) is 37.0 Å². The van der Waals surface area contributed by atoms with Gasteiger partial charge in [0.2, 0.25) is 0 Å². The molecule has 19 heavy (non-hydrogen) atoms. The summed E-state index contributed by atoms with van der Waals surface area (Å²) in [6.07, 6.45) is -0.759. The first kappa shape index (κ1) is 11.8. The summed E-state index contributed by atoms with van der Waals surface area (Å²) >= 11 is 0. The Bertz CT molecular complexity index is 450. The molecular weight excluding hydrogens is 248 g/mol. The van der Waals surface area contributed by atoms with Crippen molar-refractivity contribution < 1.29 is 23.7 Å². The van der Waals surface area contributed by atoms with Gasteiger partial charge in [-0.25, -0.2) is 0 Å². The fourth-order valence-corrected chi connectivity index (χ4v) is 2.80. The molecule has 6 atom stereocenters. The standard InChI is InChI=1S/C14H16O5/c1-15-14-12-11(18-12)10-9(17-14)7-16-13(19-10)8-5-3-2-4-6-8/h2-6,9-14H,7H2,1H3/t9-,10-,11-,12-,13-,14+/m1/s1. The van der Waals surface area contributed by atoms with E-state index in [9.17, 15) is 0 Å². The summed E-state index contributed by atoms with van der Waals surface area (Å²) in [6.45, 7) is 0.497. The van der Waals surface area contributed by atoms with Gasteiger partial charge in [-0.2, -0.15) is 0 Å². The van der Waals surface area contributed by atoms with Gasteiger partial charge in [0.05, 0.1) is 6.61 Å². The van der Waals surface area contributed by atoms with Crippen LogP contribution in [0.2, 0.25) is 0 Å². The van der Waals surface area contributed by atoms with E-state index in [1.807, 2.05) is 30.3 Å². The minimum Gasteiger partial charge on any atom is -0.361 e. The fourth-order valence-electron chi connectivity index (χ4n) is 2.80. The Labute approximate surface area is 111 Å². The molecular formula is C14H16O5. The van der Waals surface area contributed by atoms with Crippen molar-refractivity contribution in [1.82, 2.24) is 0 Å². The molecule has 0 saturated carbocycles. The first-order chi connectivity index (χ1) is 9.36. The summed E-state index contributed by atoms with van der Waals surface area (Å²) in [5.74, 6) is 0. The quantitative estimate of drug-likeness (QED) is 0.752. The van der Waals surface area contributed by atoms with Crippen LogP contribution in [0.1, 0.15) is 11.9 Å². The van der Waals surface area contributed by atoms with Gasteiger partial charge < -0.3 is 23.7 Å². The van der Waals surface area contributed by atoms with Crippen molar-refractivity contribution in [2.75, 3.05) is 13.7 Å². The minimum absolute atomic E-state index is 0.000716. The van der Waals surface area contributed by atoms with Crippen LogP contribution in [-0.4, -0.2) is 44.4 Å². The normalized spacial score (nSPS) is 44.3. The molecule has 3 aliphatic rings. The predicted octanol–water partition coefficient (Wildman–Crippen LogP) is 1.24. The summed E-state index contributed by atoms with van der Waals surface area (Å²) in [5, 5.41) is 0. The molecule has 5 heteroatoms. The average molecular weight is 264 g/mol. The average Bonchev–Trinajstić information content (AvgIpc) is 3.27. The summed E-state index contributed by atoms with van der Waals surface area (Å²) in [4.78, 5) is 0. The molecule has 0 aliphatic carbocycles. The zero-order chi connectivity index (χ0) is 12.8. The Hall–Kier alpha value is -0.980. The summed E-state index contributed by atoms with van der Waals surface area (Å²) in [5.41, 5.74) is 1.02. The Kier molecular flexibility index (Phi) is 2.82. The van der Waals surface area contributed by atoms with Gasteiger partial charge in [-0.3, -0.25) is 0 Å². The van der Waals surface area contributed by atoms with E-state index >= 15 is 0 Å². The maximum absolute atomic E-state index is 6.00. The number of hydrogen-bond acceptors (Lipinski definition) is 5. The van der Waals surface area contributed by atoms with Crippen LogP contribution >= 0.6 is 0 Å². The number of methoxy groups -OCH3 is 1. The van der Waals surface area contributed by atoms with Gasteiger partial charge in [0.15, 0.2) is 12.6 Å². The molecule has 0 N–H and O–H groups in total. The van der Waals surface area contributed by atoms with Crippen LogP contribution in [0, 0.1) is 0 Å². The molecule has 0 amide bonds. The Balaban J connectivity index is 1.50. The van der Waals surface area contributed by atoms with Crippen LogP contribution in [0.3, 0.4) is 0 Å². The maximum Gasteiger partial charge on any atom is 0.186 e. The Morgan fingerprint density at radius 2 is 1.84 bits per heavy atom. The molecule has 3 heterocycles. The van der Waals surface area contributed by atoms with Crippen molar-refractivity contribution >= 4 is 0 Å². The van der Waals surface area contributed by atoms with Gasteiger partial charge in [0, 0.05) is 12.7 Å². The highest BCUT2D eigenvalue weighted by molar-refractivity contribution is 5.17. The van der Waals surface area contributed by atoms with Crippen LogP contribution in [0.15, 0.2) is 30.3 Å². The molecule has 0 aromatic heterocycles. The van der Waals surface area contributed by atoms with E-state index in [4.69, 9.17) is 23.7 Å². The van der Waals surface area contributed by atoms with Crippen molar-refractivity contribution in [3.8, 4) is 0 Å². The highest BCUT2D eigenvalue weighted by atomic mass is 16.8. The molecule has 3 saturated heterocycles. The van der Waals surface area contributed by atoms with Gasteiger partial charge in [0.25, 0.3) is 0 Å². The van der Waals surface area contributed by atoms with Crippen LogP contribution in [0.5, 0.6) is 0 Å². The largest absolute Gasteiger partial charge is 0.361 e. The zero-order valence-electron chi connectivity index (χ0n) is 10.6. The second-order valence-electron chi connectivity index (χ2n) is 5.02. The van der Waals surface area contributed by atoms with E-state index in [0.717, 1.165) is 5.56 Å². The van der Waals surface area contributed by atoms with Crippen molar-refractivity contribution in [3.05, 3.63) is 35.9 Å². The molecule has 1 aromatic carbocycles. The SMILES string of the molecule is CO[C@H]1O[C@@H]2CO[C@@H](c3ccccc3)O[C@H]2[C@H]2O[C@@H]12. The lowest BCUT2D eigenvalue weighted by Crippen LogP contribution is -2.52. The Morgan fingerprint density at radius 1 is 1.00 bits per heavy atom. The number of rotatable bonds is 2. The highest BCUT2D eigenvalue weighted by Crippen LogP contribution is 2.43. The molecule has 4 rings (SSSR count). The molecule has 5 nitrogen and oxygen atoms in total. The monoisotopic (exact) mass is 264 g/mol. The number of ether oxygens (including phenoxy) is 5. The van der Waals surface area contributed by atoms with Crippen LogP contribution in [0.4, 0.5) is 0 Å². The van der Waals surface area contributed by atoms with E-state index < -0.39 is 0 Å². The van der Waals surface area contributed by atoms with Crippen molar-refractivity contribution in [2.24, 2.45) is 0 Å². The number of hydrogen-bond donors (Lipinski definition) is 0. The van der Waals surface area contributed by atoms with Gasteiger partial charge in [-0.1, -0.05) is 30.3 Å². The topological polar surface area (TPSA) is 49.5 Å². The first-order valence-corrected chi connectivity index (χ1v) is 6.52. The Morgan fingerprint density at radius 3 is 2.63 bits per heavy atom. The molecule has 0 radical (unpaired) electrons. The lowest BCUT2D eigenvalue weighted by atomic mass is 10.0. The first-order valence-electron chi connectivity index (χ1n) is 6.52. The van der Waals surface area contributed by atoms with Crippen LogP contribution in [-0.2, 0) is 23.7 Å². The van der Waals surface area contributed by atoms with Crippen LogP contribution in [0.25, 0.3) is 0 Å². The summed E-state index contributed by atoms with van der Waals surface area (Å²) in [6, 6.07) is 9.92. The fraction of sp³-hybridized carbons (Fsp3) is 0.571. The van der Waals surface area contributed by atoms with Gasteiger partial charge in [-0.05, 0) is 0 Å². The van der Waals surface area contributed by atoms with Crippen LogP contribution < -0.4 is 0 Å². The molecule has 3 fully saturated rings. The lowest BCUT2D eigenvalue weighted by Gasteiger charge is -2.39. The van der Waals surface area contributed by atoms with Crippen molar-refractivity contribution in [1.29, 1.82) is 0 Å². The third kappa shape index (κ3) is 1.98. The van der Waals surface area contributed by atoms with E-state index in [0.29, 0.717) is 6.61 Å². The molecule has 0 bridgehead atoms. The number of fused-ring (bicyclic) bond motifs is 3. The van der Waals surface area contributed by atoms with Gasteiger partial charge in [0.1, 0.15) is 24.4 Å². The van der Waals surface area contributed by atoms with Gasteiger partial charge in [-0.15, -0.1) is 0 Å². The third-order valence-electron chi connectivity index (χ3n) is 3.83. The van der Waals surface area contributed by atoms with E-state index in [2.05, 4.69) is 0 Å². The van der Waals surface area contributed by atoms with E-state index in [-0.39, 0.29) is 37.0 Å². The number of epoxide rings is 1. The zero-order valence-corrected chi connectivity index (χ0v) is 10.6. The molecule has 0 unspecified atom stereocenters. The second-order valence-corrected chi connectivity index (χ2v) is 5.02. The second kappa shape index (κ2) is 4.54. The maximum atomic E-state index is 6.00. The van der Waals surface area contributed by atoms with Gasteiger partial charge >= 0.3 is 0 Å². The molecule has 0 spiro atoms. The third-order valence-corrected chi connectivity index (χ3v) is 3.83. The van der Waals surface area contributed by atoms with E-state index in [1.165, 1.54) is 0 Å². The minimum atomic E-state index is -0.338. The van der Waals surface area contributed by atoms with E-state index in [1.54, 1.807) is 7.11 Å². The summed E-state index contributed by atoms with van der Waals surface area (Å²) < 4.78 is 28.4.